The molecule has 1 saturated carbocycles. The quantitative estimate of drug-likeness (QED) is 0.751. The Kier molecular flexibility index (Phi) is 5.19. The molecule has 4 nitrogen and oxygen atoms in total. The molecule has 1 amide bonds. The summed E-state index contributed by atoms with van der Waals surface area (Å²) in [7, 11) is 2.13. The molecule has 0 aromatic heterocycles. The molecule has 0 bridgehead atoms. The molecule has 1 aliphatic carbocycles. The zero-order chi connectivity index (χ0) is 13.7. The number of hydrogen-bond donors (Lipinski definition) is 2. The molecule has 19 heavy (non-hydrogen) atoms. The zero-order valence-electron chi connectivity index (χ0n) is 11.2. The van der Waals surface area contributed by atoms with E-state index in [1.165, 1.54) is 12.8 Å². The van der Waals surface area contributed by atoms with Gasteiger partial charge in [-0.3, -0.25) is 4.79 Å². The largest absolute Gasteiger partial charge is 0.324 e. The van der Waals surface area contributed by atoms with Crippen LogP contribution in [0.2, 0.25) is 5.02 Å². The van der Waals surface area contributed by atoms with Crippen molar-refractivity contribution in [3.63, 3.8) is 0 Å². The molecule has 0 spiro atoms. The van der Waals surface area contributed by atoms with Gasteiger partial charge < -0.3 is 15.5 Å². The van der Waals surface area contributed by atoms with Crippen LogP contribution in [-0.4, -0.2) is 43.5 Å². The molecule has 0 radical (unpaired) electrons. The predicted octanol–water partition coefficient (Wildman–Crippen LogP) is 1.96. The first-order valence-corrected chi connectivity index (χ1v) is 7.00. The number of amides is 1. The van der Waals surface area contributed by atoms with Crippen molar-refractivity contribution < 1.29 is 4.79 Å². The number of para-hydroxylation sites is 1. The summed E-state index contributed by atoms with van der Waals surface area (Å²) >= 11 is 5.97. The fraction of sp³-hybridized carbons (Fsp3) is 0.500. The molecule has 2 rings (SSSR count). The minimum absolute atomic E-state index is 0.0674. The molecule has 2 N–H and O–H groups in total. The minimum atomic E-state index is -0.0674. The van der Waals surface area contributed by atoms with Gasteiger partial charge >= 0.3 is 0 Å². The van der Waals surface area contributed by atoms with Gasteiger partial charge in [0.05, 0.1) is 17.3 Å². The standard InChI is InChI=1S/C14H20ClN3O/c1-18(11-6-7-11)9-8-16-10-14(19)17-13-5-3-2-4-12(13)15/h2-5,11,16H,6-10H2,1H3,(H,17,19). The average Bonchev–Trinajstić information content (AvgIpc) is 3.21. The maximum absolute atomic E-state index is 11.7. The van der Waals surface area contributed by atoms with Crippen molar-refractivity contribution in [2.24, 2.45) is 0 Å². The molecule has 1 aromatic rings. The monoisotopic (exact) mass is 281 g/mol. The van der Waals surface area contributed by atoms with E-state index in [1.54, 1.807) is 12.1 Å². The van der Waals surface area contributed by atoms with Crippen LogP contribution in [0, 0.1) is 0 Å². The van der Waals surface area contributed by atoms with Gasteiger partial charge in [0.2, 0.25) is 5.91 Å². The first kappa shape index (κ1) is 14.3. The maximum atomic E-state index is 11.7. The van der Waals surface area contributed by atoms with Crippen molar-refractivity contribution in [2.45, 2.75) is 18.9 Å². The van der Waals surface area contributed by atoms with Crippen LogP contribution in [0.4, 0.5) is 5.69 Å². The molecular formula is C14H20ClN3O. The van der Waals surface area contributed by atoms with Gasteiger partial charge in [0, 0.05) is 19.1 Å². The Labute approximate surface area is 119 Å². The van der Waals surface area contributed by atoms with Gasteiger partial charge in [0.15, 0.2) is 0 Å². The number of halogens is 1. The number of carbonyl (C=O) groups excluding carboxylic acids is 1. The van der Waals surface area contributed by atoms with E-state index in [9.17, 15) is 4.79 Å². The molecular weight excluding hydrogens is 262 g/mol. The molecule has 0 atom stereocenters. The normalized spacial score (nSPS) is 14.7. The predicted molar refractivity (Wildman–Crippen MR) is 78.6 cm³/mol. The Morgan fingerprint density at radius 2 is 2.16 bits per heavy atom. The molecule has 5 heteroatoms. The molecule has 0 heterocycles. The van der Waals surface area contributed by atoms with Gasteiger partial charge in [0.1, 0.15) is 0 Å². The third-order valence-corrected chi connectivity index (χ3v) is 3.57. The molecule has 1 fully saturated rings. The molecule has 0 saturated heterocycles. The van der Waals surface area contributed by atoms with Crippen LogP contribution in [0.25, 0.3) is 0 Å². The Balaban J connectivity index is 1.63. The van der Waals surface area contributed by atoms with Crippen LogP contribution in [-0.2, 0) is 4.79 Å². The first-order chi connectivity index (χ1) is 9.16. The number of nitrogens with one attached hydrogen (secondary N) is 2. The Morgan fingerprint density at radius 3 is 2.84 bits per heavy atom. The summed E-state index contributed by atoms with van der Waals surface area (Å²) < 4.78 is 0. The third kappa shape index (κ3) is 4.82. The maximum Gasteiger partial charge on any atom is 0.238 e. The van der Waals surface area contributed by atoms with Crippen molar-refractivity contribution in [3.05, 3.63) is 29.3 Å². The number of anilines is 1. The fourth-order valence-corrected chi connectivity index (χ4v) is 2.10. The van der Waals surface area contributed by atoms with Crippen LogP contribution in [0.5, 0.6) is 0 Å². The first-order valence-electron chi connectivity index (χ1n) is 6.62. The second-order valence-corrected chi connectivity index (χ2v) is 5.32. The van der Waals surface area contributed by atoms with Gasteiger partial charge in [-0.15, -0.1) is 0 Å². The summed E-state index contributed by atoms with van der Waals surface area (Å²) in [5.41, 5.74) is 0.658. The van der Waals surface area contributed by atoms with Gasteiger partial charge in [-0.25, -0.2) is 0 Å². The van der Waals surface area contributed by atoms with Crippen molar-refractivity contribution in [3.8, 4) is 0 Å². The van der Waals surface area contributed by atoms with Crippen molar-refractivity contribution in [2.75, 3.05) is 32.0 Å². The second kappa shape index (κ2) is 6.89. The number of hydrogen-bond acceptors (Lipinski definition) is 3. The lowest BCUT2D eigenvalue weighted by Gasteiger charge is -2.15. The van der Waals surface area contributed by atoms with Gasteiger partial charge in [-0.2, -0.15) is 0 Å². The summed E-state index contributed by atoms with van der Waals surface area (Å²) in [6.45, 7) is 2.11. The highest BCUT2D eigenvalue weighted by molar-refractivity contribution is 6.33. The van der Waals surface area contributed by atoms with Crippen LogP contribution >= 0.6 is 11.6 Å². The van der Waals surface area contributed by atoms with E-state index in [0.29, 0.717) is 17.3 Å². The SMILES string of the molecule is CN(CCNCC(=O)Nc1ccccc1Cl)C1CC1. The lowest BCUT2D eigenvalue weighted by atomic mass is 10.3. The van der Waals surface area contributed by atoms with Crippen LogP contribution in [0.3, 0.4) is 0 Å². The van der Waals surface area contributed by atoms with Crippen molar-refractivity contribution >= 4 is 23.2 Å². The van der Waals surface area contributed by atoms with Gasteiger partial charge in [0.25, 0.3) is 0 Å². The van der Waals surface area contributed by atoms with Crippen LogP contribution in [0.15, 0.2) is 24.3 Å². The van der Waals surface area contributed by atoms with Crippen LogP contribution < -0.4 is 10.6 Å². The highest BCUT2D eigenvalue weighted by Gasteiger charge is 2.25. The van der Waals surface area contributed by atoms with Crippen molar-refractivity contribution in [1.29, 1.82) is 0 Å². The lowest BCUT2D eigenvalue weighted by Crippen LogP contribution is -2.35. The van der Waals surface area contributed by atoms with Gasteiger partial charge in [-0.05, 0) is 32.0 Å². The smallest absolute Gasteiger partial charge is 0.238 e. The minimum Gasteiger partial charge on any atom is -0.324 e. The summed E-state index contributed by atoms with van der Waals surface area (Å²) in [4.78, 5) is 14.0. The van der Waals surface area contributed by atoms with E-state index < -0.39 is 0 Å². The molecule has 1 aromatic carbocycles. The van der Waals surface area contributed by atoms with E-state index in [4.69, 9.17) is 11.6 Å². The van der Waals surface area contributed by atoms with Crippen LogP contribution in [0.1, 0.15) is 12.8 Å². The van der Waals surface area contributed by atoms with E-state index in [1.807, 2.05) is 12.1 Å². The lowest BCUT2D eigenvalue weighted by molar-refractivity contribution is -0.115. The average molecular weight is 282 g/mol. The summed E-state index contributed by atoms with van der Waals surface area (Å²) in [6, 6.07) is 8.00. The van der Waals surface area contributed by atoms with Crippen molar-refractivity contribution in [1.82, 2.24) is 10.2 Å². The summed E-state index contributed by atoms with van der Waals surface area (Å²) in [5.74, 6) is -0.0674. The highest BCUT2D eigenvalue weighted by atomic mass is 35.5. The summed E-state index contributed by atoms with van der Waals surface area (Å²) in [5, 5.41) is 6.49. The number of rotatable bonds is 7. The number of nitrogens with zero attached hydrogens (tertiary/aromatic N) is 1. The zero-order valence-corrected chi connectivity index (χ0v) is 11.9. The number of likely N-dealkylation sites (N-methyl/N-ethyl adjacent to an activating group) is 1. The summed E-state index contributed by atoms with van der Waals surface area (Å²) in [6.07, 6.45) is 2.62. The molecule has 0 unspecified atom stereocenters. The van der Waals surface area contributed by atoms with E-state index in [0.717, 1.165) is 19.1 Å². The van der Waals surface area contributed by atoms with E-state index in [-0.39, 0.29) is 5.91 Å². The number of benzene rings is 1. The third-order valence-electron chi connectivity index (χ3n) is 3.25. The van der Waals surface area contributed by atoms with E-state index >= 15 is 0 Å². The molecule has 0 aliphatic heterocycles. The Morgan fingerprint density at radius 1 is 1.42 bits per heavy atom. The molecule has 104 valence electrons. The highest BCUT2D eigenvalue weighted by Crippen LogP contribution is 2.24. The second-order valence-electron chi connectivity index (χ2n) is 4.92. The molecule has 1 aliphatic rings. The Bertz CT molecular complexity index is 434. The van der Waals surface area contributed by atoms with Gasteiger partial charge in [-0.1, -0.05) is 23.7 Å². The fourth-order valence-electron chi connectivity index (χ4n) is 1.91. The number of carbonyl (C=O) groups is 1. The van der Waals surface area contributed by atoms with E-state index in [2.05, 4.69) is 22.6 Å². The topological polar surface area (TPSA) is 44.4 Å². The Hall–Kier alpha value is -1.10.